The minimum atomic E-state index is -0.712. The Kier molecular flexibility index (Phi) is 10.2. The van der Waals surface area contributed by atoms with E-state index in [2.05, 4.69) is 35.0 Å². The smallest absolute Gasteiger partial charge is 0.311 e. The van der Waals surface area contributed by atoms with Crippen LogP contribution in [-0.2, 0) is 14.4 Å². The molecule has 1 aliphatic rings. The van der Waals surface area contributed by atoms with Gasteiger partial charge >= 0.3 is 5.97 Å². The maximum Gasteiger partial charge on any atom is 0.311 e. The van der Waals surface area contributed by atoms with Crippen LogP contribution in [0.1, 0.15) is 73.8 Å². The molecule has 2 amide bonds. The van der Waals surface area contributed by atoms with Crippen molar-refractivity contribution in [1.29, 1.82) is 0 Å². The summed E-state index contributed by atoms with van der Waals surface area (Å²) in [6.45, 7) is 6.13. The molecule has 4 aromatic rings. The van der Waals surface area contributed by atoms with Gasteiger partial charge in [-0.15, -0.1) is 11.3 Å². The number of thiazole rings is 1. The molecule has 0 spiro atoms. The van der Waals surface area contributed by atoms with Gasteiger partial charge in [-0.25, -0.2) is 4.98 Å². The second-order valence-electron chi connectivity index (χ2n) is 11.7. The van der Waals surface area contributed by atoms with Crippen molar-refractivity contribution in [3.05, 3.63) is 118 Å². The predicted molar refractivity (Wildman–Crippen MR) is 172 cm³/mol. The van der Waals surface area contributed by atoms with Gasteiger partial charge in [-0.2, -0.15) is 0 Å². The van der Waals surface area contributed by atoms with Crippen molar-refractivity contribution in [2.24, 2.45) is 11.8 Å². The Labute approximate surface area is 263 Å². The second kappa shape index (κ2) is 14.4. The number of hydrogen-bond donors (Lipinski definition) is 1. The molecule has 1 fully saturated rings. The highest BCUT2D eigenvalue weighted by Crippen LogP contribution is 2.38. The highest BCUT2D eigenvalue weighted by Gasteiger charge is 2.38. The van der Waals surface area contributed by atoms with E-state index < -0.39 is 17.9 Å². The van der Waals surface area contributed by atoms with Gasteiger partial charge in [0, 0.05) is 17.8 Å². The van der Waals surface area contributed by atoms with Gasteiger partial charge < -0.3 is 15.0 Å². The molecule has 44 heavy (non-hydrogen) atoms. The molecule has 0 unspecified atom stereocenters. The number of aromatic nitrogens is 1. The molecule has 7 nitrogen and oxygen atoms in total. The van der Waals surface area contributed by atoms with E-state index in [-0.39, 0.29) is 36.1 Å². The zero-order valence-corrected chi connectivity index (χ0v) is 26.2. The van der Waals surface area contributed by atoms with E-state index in [1.807, 2.05) is 61.2 Å². The van der Waals surface area contributed by atoms with Crippen LogP contribution in [0.5, 0.6) is 5.75 Å². The van der Waals surface area contributed by atoms with Crippen molar-refractivity contribution in [3.63, 3.8) is 0 Å². The summed E-state index contributed by atoms with van der Waals surface area (Å²) in [5.74, 6) is -1.31. The average Bonchev–Trinajstić information content (AvgIpc) is 3.71. The van der Waals surface area contributed by atoms with Crippen molar-refractivity contribution >= 4 is 29.1 Å². The molecular formula is C36H39N3O4S. The van der Waals surface area contributed by atoms with Crippen LogP contribution >= 0.6 is 11.3 Å². The number of ether oxygens (including phenoxy) is 1. The molecule has 3 aromatic carbocycles. The first-order valence-corrected chi connectivity index (χ1v) is 16.1. The molecule has 8 heteroatoms. The molecule has 1 aliphatic heterocycles. The van der Waals surface area contributed by atoms with E-state index >= 15 is 0 Å². The summed E-state index contributed by atoms with van der Waals surface area (Å²) in [6, 6.07) is 28.6. The summed E-state index contributed by atoms with van der Waals surface area (Å²) in [4.78, 5) is 46.6. The van der Waals surface area contributed by atoms with Gasteiger partial charge in [0.25, 0.3) is 0 Å². The zero-order valence-electron chi connectivity index (χ0n) is 25.4. The maximum absolute atomic E-state index is 14.0. The van der Waals surface area contributed by atoms with E-state index in [1.165, 1.54) is 11.1 Å². The van der Waals surface area contributed by atoms with Crippen LogP contribution in [0.2, 0.25) is 0 Å². The Morgan fingerprint density at radius 3 is 2.09 bits per heavy atom. The fourth-order valence-corrected chi connectivity index (χ4v) is 6.68. The number of carbonyl (C=O) groups excluding carboxylic acids is 3. The van der Waals surface area contributed by atoms with Crippen LogP contribution in [0.15, 0.2) is 96.4 Å². The number of nitrogens with zero attached hydrogens (tertiary/aromatic N) is 2. The quantitative estimate of drug-likeness (QED) is 0.150. The third-order valence-electron chi connectivity index (χ3n) is 8.05. The lowest BCUT2D eigenvalue weighted by Gasteiger charge is -2.31. The first kappa shape index (κ1) is 31.1. The number of rotatable bonds is 11. The predicted octanol–water partition coefficient (Wildman–Crippen LogP) is 6.76. The molecular weight excluding hydrogens is 570 g/mol. The van der Waals surface area contributed by atoms with Crippen molar-refractivity contribution in [3.8, 4) is 5.75 Å². The molecule has 1 N–H and O–H groups in total. The van der Waals surface area contributed by atoms with E-state index in [0.29, 0.717) is 12.3 Å². The molecule has 1 saturated heterocycles. The summed E-state index contributed by atoms with van der Waals surface area (Å²) in [6.07, 6.45) is 1.60. The third-order valence-corrected chi connectivity index (χ3v) is 9.01. The van der Waals surface area contributed by atoms with Crippen LogP contribution in [0.3, 0.4) is 0 Å². The minimum absolute atomic E-state index is 0.00859. The van der Waals surface area contributed by atoms with Gasteiger partial charge in [-0.3, -0.25) is 14.4 Å². The Bertz CT molecular complexity index is 1500. The molecule has 2 heterocycles. The largest absolute Gasteiger partial charge is 0.427 e. The second-order valence-corrected chi connectivity index (χ2v) is 12.6. The lowest BCUT2D eigenvalue weighted by molar-refractivity contribution is -0.141. The lowest BCUT2D eigenvalue weighted by Crippen LogP contribution is -2.52. The van der Waals surface area contributed by atoms with Gasteiger partial charge in [-0.05, 0) is 42.0 Å². The van der Waals surface area contributed by atoms with Gasteiger partial charge in [-0.1, -0.05) is 99.6 Å². The van der Waals surface area contributed by atoms with Crippen molar-refractivity contribution in [1.82, 2.24) is 15.2 Å². The number of hydrogen-bond acceptors (Lipinski definition) is 6. The number of carbonyl (C=O) groups is 3. The molecule has 0 bridgehead atoms. The number of benzene rings is 3. The monoisotopic (exact) mass is 609 g/mol. The average molecular weight is 610 g/mol. The number of esters is 1. The molecule has 3 atom stereocenters. The van der Waals surface area contributed by atoms with Crippen molar-refractivity contribution in [2.45, 2.75) is 58.0 Å². The topological polar surface area (TPSA) is 88.6 Å². The summed E-state index contributed by atoms with van der Waals surface area (Å²) < 4.78 is 5.35. The van der Waals surface area contributed by atoms with E-state index in [9.17, 15) is 14.4 Å². The Hall–Kier alpha value is -4.30. The molecule has 228 valence electrons. The third kappa shape index (κ3) is 7.42. The number of nitrogens with one attached hydrogen (secondary N) is 1. The molecule has 5 rings (SSSR count). The number of likely N-dealkylation sites (tertiary alicyclic amines) is 1. The Morgan fingerprint density at radius 2 is 1.50 bits per heavy atom. The van der Waals surface area contributed by atoms with Gasteiger partial charge in [0.15, 0.2) is 0 Å². The molecule has 0 radical (unpaired) electrons. The van der Waals surface area contributed by atoms with E-state index in [1.54, 1.807) is 42.5 Å². The lowest BCUT2D eigenvalue weighted by atomic mass is 9.89. The van der Waals surface area contributed by atoms with Crippen molar-refractivity contribution in [2.75, 3.05) is 6.54 Å². The van der Waals surface area contributed by atoms with Gasteiger partial charge in [0.1, 0.15) is 16.8 Å². The number of amides is 2. The van der Waals surface area contributed by atoms with Gasteiger partial charge in [0.05, 0.1) is 24.1 Å². The zero-order chi connectivity index (χ0) is 31.1. The van der Waals surface area contributed by atoms with Crippen molar-refractivity contribution < 1.29 is 19.1 Å². The molecule has 0 saturated carbocycles. The maximum atomic E-state index is 14.0. The summed E-state index contributed by atoms with van der Waals surface area (Å²) >= 11 is 1.59. The standard InChI is InChI=1S/C36H39N3O4S/c1-24(2)33(38-34(41)25(3)22-31(40)43-28-18-11-6-12-19-28)36(42)39-21-13-20-30(39)35-37-29(23-44-35)32(26-14-7-4-8-15-26)27-16-9-5-10-17-27/h4-12,14-19,23-25,30,32-33H,13,20-22H2,1-3H3,(H,38,41)/t25-,30+,33+/m1/s1. The van der Waals surface area contributed by atoms with Crippen LogP contribution in [0.4, 0.5) is 0 Å². The Morgan fingerprint density at radius 1 is 0.909 bits per heavy atom. The SMILES string of the molecule is CC(C)[C@H](NC(=O)[C@H](C)CC(=O)Oc1ccccc1)C(=O)N1CCC[C@H]1c1nc(C(c2ccccc2)c2ccccc2)cs1. The normalized spacial score (nSPS) is 16.1. The summed E-state index contributed by atoms with van der Waals surface area (Å²) in [5.41, 5.74) is 3.30. The fraction of sp³-hybridized carbons (Fsp3) is 0.333. The van der Waals surface area contributed by atoms with Crippen LogP contribution in [0.25, 0.3) is 0 Å². The van der Waals surface area contributed by atoms with E-state index in [0.717, 1.165) is 23.5 Å². The van der Waals surface area contributed by atoms with Gasteiger partial charge in [0.2, 0.25) is 11.8 Å². The Balaban J connectivity index is 1.29. The molecule has 1 aromatic heterocycles. The van der Waals surface area contributed by atoms with Crippen LogP contribution in [0, 0.1) is 11.8 Å². The first-order chi connectivity index (χ1) is 21.3. The number of para-hydroxylation sites is 1. The fourth-order valence-electron chi connectivity index (χ4n) is 5.69. The summed E-state index contributed by atoms with van der Waals surface area (Å²) in [5, 5.41) is 5.97. The molecule has 0 aliphatic carbocycles. The first-order valence-electron chi connectivity index (χ1n) is 15.2. The highest BCUT2D eigenvalue weighted by atomic mass is 32.1. The minimum Gasteiger partial charge on any atom is -0.427 e. The van der Waals surface area contributed by atoms with E-state index in [4.69, 9.17) is 9.72 Å². The van der Waals surface area contributed by atoms with Crippen LogP contribution in [-0.4, -0.2) is 40.3 Å². The summed E-state index contributed by atoms with van der Waals surface area (Å²) in [7, 11) is 0. The van der Waals surface area contributed by atoms with Crippen LogP contribution < -0.4 is 10.1 Å². The highest BCUT2D eigenvalue weighted by molar-refractivity contribution is 7.09.